The van der Waals surface area contributed by atoms with Gasteiger partial charge in [-0.2, -0.15) is 5.10 Å². The second kappa shape index (κ2) is 7.11. The predicted molar refractivity (Wildman–Crippen MR) is 89.8 cm³/mol. The van der Waals surface area contributed by atoms with Crippen LogP contribution in [-0.4, -0.2) is 47.7 Å². The van der Waals surface area contributed by atoms with Crippen LogP contribution >= 0.6 is 0 Å². The quantitative estimate of drug-likeness (QED) is 0.875. The number of hydrogen-bond acceptors (Lipinski definition) is 4. The standard InChI is InChI=1S/C17H28N4O3/c1-10(13-5-7-23-9-13)18-17(22)19-14-6-8-24-16(14)15-11(2)20-21(4)12(15)3/h10,13-14,16H,5-9H2,1-4H3,(H2,18,19,22)/t10-,13-,14+,16+/m1/s1. The van der Waals surface area contributed by atoms with Gasteiger partial charge in [-0.3, -0.25) is 4.68 Å². The maximum absolute atomic E-state index is 12.4. The van der Waals surface area contributed by atoms with Crippen LogP contribution in [0.15, 0.2) is 0 Å². The van der Waals surface area contributed by atoms with Crippen molar-refractivity contribution in [1.29, 1.82) is 0 Å². The zero-order chi connectivity index (χ0) is 17.3. The van der Waals surface area contributed by atoms with Gasteiger partial charge in [-0.05, 0) is 33.6 Å². The van der Waals surface area contributed by atoms with Crippen LogP contribution in [0.25, 0.3) is 0 Å². The summed E-state index contributed by atoms with van der Waals surface area (Å²) in [4.78, 5) is 12.4. The van der Waals surface area contributed by atoms with Crippen molar-refractivity contribution in [3.8, 4) is 0 Å². The molecule has 134 valence electrons. The zero-order valence-electron chi connectivity index (χ0n) is 15.0. The molecule has 0 radical (unpaired) electrons. The largest absolute Gasteiger partial charge is 0.381 e. The van der Waals surface area contributed by atoms with Crippen LogP contribution in [-0.2, 0) is 16.5 Å². The average Bonchev–Trinajstić information content (AvgIpc) is 3.23. The third-order valence-electron chi connectivity index (χ3n) is 5.29. The lowest BCUT2D eigenvalue weighted by molar-refractivity contribution is 0.0986. The number of carbonyl (C=O) groups is 1. The summed E-state index contributed by atoms with van der Waals surface area (Å²) in [6, 6.07) is -0.0529. The fourth-order valence-electron chi connectivity index (χ4n) is 3.71. The van der Waals surface area contributed by atoms with Gasteiger partial charge in [0.1, 0.15) is 6.10 Å². The van der Waals surface area contributed by atoms with Crippen LogP contribution in [0.5, 0.6) is 0 Å². The zero-order valence-corrected chi connectivity index (χ0v) is 15.0. The lowest BCUT2D eigenvalue weighted by atomic mass is 10.00. The first kappa shape index (κ1) is 17.2. The van der Waals surface area contributed by atoms with Crippen molar-refractivity contribution in [2.75, 3.05) is 19.8 Å². The molecule has 0 aliphatic carbocycles. The van der Waals surface area contributed by atoms with Gasteiger partial charge in [0.05, 0.1) is 18.3 Å². The molecular weight excluding hydrogens is 308 g/mol. The van der Waals surface area contributed by atoms with E-state index in [1.807, 2.05) is 32.5 Å². The highest BCUT2D eigenvalue weighted by molar-refractivity contribution is 5.74. The summed E-state index contributed by atoms with van der Waals surface area (Å²) in [6.45, 7) is 8.23. The Morgan fingerprint density at radius 3 is 2.75 bits per heavy atom. The van der Waals surface area contributed by atoms with E-state index in [9.17, 15) is 4.79 Å². The second-order valence-electron chi connectivity index (χ2n) is 6.92. The van der Waals surface area contributed by atoms with Gasteiger partial charge in [-0.15, -0.1) is 0 Å². The molecule has 0 spiro atoms. The van der Waals surface area contributed by atoms with Crippen molar-refractivity contribution in [3.05, 3.63) is 17.0 Å². The van der Waals surface area contributed by atoms with Gasteiger partial charge in [0.25, 0.3) is 0 Å². The van der Waals surface area contributed by atoms with Crippen molar-refractivity contribution < 1.29 is 14.3 Å². The fraction of sp³-hybridized carbons (Fsp3) is 0.765. The van der Waals surface area contributed by atoms with Crippen molar-refractivity contribution in [1.82, 2.24) is 20.4 Å². The summed E-state index contributed by atoms with van der Waals surface area (Å²) in [5.41, 5.74) is 3.14. The molecule has 4 atom stereocenters. The van der Waals surface area contributed by atoms with Crippen LogP contribution < -0.4 is 10.6 Å². The summed E-state index contributed by atoms with van der Waals surface area (Å²) >= 11 is 0. The minimum Gasteiger partial charge on any atom is -0.381 e. The lowest BCUT2D eigenvalue weighted by Crippen LogP contribution is -2.48. The van der Waals surface area contributed by atoms with E-state index in [-0.39, 0.29) is 24.2 Å². The number of nitrogens with one attached hydrogen (secondary N) is 2. The third kappa shape index (κ3) is 3.42. The van der Waals surface area contributed by atoms with E-state index in [2.05, 4.69) is 15.7 Å². The molecule has 1 aromatic heterocycles. The van der Waals surface area contributed by atoms with Crippen molar-refractivity contribution in [2.45, 2.75) is 51.8 Å². The molecule has 2 aliphatic heterocycles. The molecule has 2 saturated heterocycles. The topological polar surface area (TPSA) is 77.4 Å². The molecule has 7 nitrogen and oxygen atoms in total. The molecule has 3 heterocycles. The van der Waals surface area contributed by atoms with E-state index in [0.717, 1.165) is 43.0 Å². The van der Waals surface area contributed by atoms with Gasteiger partial charge in [0, 0.05) is 43.5 Å². The molecule has 2 aliphatic rings. The maximum Gasteiger partial charge on any atom is 0.315 e. The highest BCUT2D eigenvalue weighted by Crippen LogP contribution is 2.33. The Morgan fingerprint density at radius 1 is 1.33 bits per heavy atom. The summed E-state index contributed by atoms with van der Waals surface area (Å²) in [5, 5.41) is 10.6. The summed E-state index contributed by atoms with van der Waals surface area (Å²) < 4.78 is 13.2. The first-order chi connectivity index (χ1) is 11.5. The molecule has 0 aromatic carbocycles. The minimum atomic E-state index is -0.130. The van der Waals surface area contributed by atoms with Crippen LogP contribution in [0.4, 0.5) is 4.79 Å². The molecule has 1 aromatic rings. The Hall–Kier alpha value is -1.60. The highest BCUT2D eigenvalue weighted by Gasteiger charge is 2.35. The van der Waals surface area contributed by atoms with Crippen molar-refractivity contribution in [3.63, 3.8) is 0 Å². The Morgan fingerprint density at radius 2 is 2.12 bits per heavy atom. The number of rotatable bonds is 4. The SMILES string of the molecule is Cc1nn(C)c(C)c1[C@H]1OCC[C@@H]1NC(=O)N[C@H](C)[C@@H]1CCOC1. The normalized spacial score (nSPS) is 28.1. The Balaban J connectivity index is 1.62. The van der Waals surface area contributed by atoms with Crippen LogP contribution in [0.3, 0.4) is 0 Å². The maximum atomic E-state index is 12.4. The van der Waals surface area contributed by atoms with Gasteiger partial charge < -0.3 is 20.1 Å². The van der Waals surface area contributed by atoms with E-state index in [0.29, 0.717) is 12.5 Å². The third-order valence-corrected chi connectivity index (χ3v) is 5.29. The van der Waals surface area contributed by atoms with Crippen molar-refractivity contribution in [2.24, 2.45) is 13.0 Å². The molecule has 2 amide bonds. The van der Waals surface area contributed by atoms with Crippen LogP contribution in [0.2, 0.25) is 0 Å². The van der Waals surface area contributed by atoms with E-state index in [1.54, 1.807) is 0 Å². The number of carbonyl (C=O) groups excluding carboxylic acids is 1. The smallest absolute Gasteiger partial charge is 0.315 e. The monoisotopic (exact) mass is 336 g/mol. The van der Waals surface area contributed by atoms with Crippen LogP contribution in [0.1, 0.15) is 42.8 Å². The van der Waals surface area contributed by atoms with E-state index in [4.69, 9.17) is 9.47 Å². The number of aryl methyl sites for hydroxylation is 2. The molecule has 2 N–H and O–H groups in total. The Bertz CT molecular complexity index is 595. The molecular formula is C17H28N4O3. The average molecular weight is 336 g/mol. The molecule has 0 bridgehead atoms. The molecule has 24 heavy (non-hydrogen) atoms. The number of amides is 2. The summed E-state index contributed by atoms with van der Waals surface area (Å²) in [7, 11) is 1.93. The number of ether oxygens (including phenoxy) is 2. The molecule has 3 rings (SSSR count). The predicted octanol–water partition coefficient (Wildman–Crippen LogP) is 1.59. The number of hydrogen-bond donors (Lipinski definition) is 2. The highest BCUT2D eigenvalue weighted by atomic mass is 16.5. The molecule has 0 unspecified atom stereocenters. The Labute approximate surface area is 143 Å². The fourth-order valence-corrected chi connectivity index (χ4v) is 3.71. The second-order valence-corrected chi connectivity index (χ2v) is 6.92. The number of urea groups is 1. The van der Waals surface area contributed by atoms with Crippen LogP contribution in [0, 0.1) is 19.8 Å². The van der Waals surface area contributed by atoms with Gasteiger partial charge >= 0.3 is 6.03 Å². The number of aromatic nitrogens is 2. The van der Waals surface area contributed by atoms with E-state index >= 15 is 0 Å². The van der Waals surface area contributed by atoms with Crippen molar-refractivity contribution >= 4 is 6.03 Å². The van der Waals surface area contributed by atoms with Gasteiger partial charge in [-0.25, -0.2) is 4.79 Å². The molecule has 7 heteroatoms. The van der Waals surface area contributed by atoms with E-state index < -0.39 is 0 Å². The molecule has 2 fully saturated rings. The van der Waals surface area contributed by atoms with Gasteiger partial charge in [-0.1, -0.05) is 0 Å². The minimum absolute atomic E-state index is 0.0290. The summed E-state index contributed by atoms with van der Waals surface area (Å²) in [5.74, 6) is 0.397. The first-order valence-electron chi connectivity index (χ1n) is 8.74. The van der Waals surface area contributed by atoms with E-state index in [1.165, 1.54) is 0 Å². The first-order valence-corrected chi connectivity index (χ1v) is 8.74. The Kier molecular flexibility index (Phi) is 5.10. The molecule has 0 saturated carbocycles. The number of nitrogens with zero attached hydrogens (tertiary/aromatic N) is 2. The van der Waals surface area contributed by atoms with Gasteiger partial charge in [0.2, 0.25) is 0 Å². The summed E-state index contributed by atoms with van der Waals surface area (Å²) in [6.07, 6.45) is 1.69. The van der Waals surface area contributed by atoms with Gasteiger partial charge in [0.15, 0.2) is 0 Å². The lowest BCUT2D eigenvalue weighted by Gasteiger charge is -2.24.